The fourth-order valence-corrected chi connectivity index (χ4v) is 1.76. The van der Waals surface area contributed by atoms with Crippen LogP contribution < -0.4 is 5.73 Å². The number of hydrogen-bond acceptors (Lipinski definition) is 1. The zero-order chi connectivity index (χ0) is 8.27. The third kappa shape index (κ3) is 2.33. The second kappa shape index (κ2) is 3.91. The molecular formula is C10H19N. The quantitative estimate of drug-likeness (QED) is 0.616. The van der Waals surface area contributed by atoms with Crippen molar-refractivity contribution in [1.29, 1.82) is 0 Å². The van der Waals surface area contributed by atoms with Crippen LogP contribution in [0.4, 0.5) is 0 Å². The van der Waals surface area contributed by atoms with Crippen molar-refractivity contribution in [3.63, 3.8) is 0 Å². The van der Waals surface area contributed by atoms with E-state index in [4.69, 9.17) is 5.73 Å². The summed E-state index contributed by atoms with van der Waals surface area (Å²) in [5.41, 5.74) is 6.92. The first-order valence-electron chi connectivity index (χ1n) is 4.58. The van der Waals surface area contributed by atoms with Crippen molar-refractivity contribution < 1.29 is 0 Å². The van der Waals surface area contributed by atoms with Gasteiger partial charge < -0.3 is 5.73 Å². The molecule has 0 aliphatic heterocycles. The van der Waals surface area contributed by atoms with E-state index in [-0.39, 0.29) is 0 Å². The average Bonchev–Trinajstić information content (AvgIpc) is 1.86. The van der Waals surface area contributed by atoms with Gasteiger partial charge in [-0.05, 0) is 51.0 Å². The minimum absolute atomic E-state index is 0.828. The highest BCUT2D eigenvalue weighted by atomic mass is 14.6. The van der Waals surface area contributed by atoms with Gasteiger partial charge >= 0.3 is 0 Å². The van der Waals surface area contributed by atoms with Gasteiger partial charge in [0, 0.05) is 0 Å². The van der Waals surface area contributed by atoms with Gasteiger partial charge in [0.15, 0.2) is 0 Å². The van der Waals surface area contributed by atoms with E-state index in [1.807, 2.05) is 0 Å². The number of allylic oxidation sites excluding steroid dienone is 1. The molecule has 2 unspecified atom stereocenters. The highest BCUT2D eigenvalue weighted by molar-refractivity contribution is 4.91. The summed E-state index contributed by atoms with van der Waals surface area (Å²) in [5.74, 6) is 1.74. The van der Waals surface area contributed by atoms with Crippen LogP contribution in [0.2, 0.25) is 0 Å². The monoisotopic (exact) mass is 153 g/mol. The number of nitrogens with two attached hydrogens (primary N) is 1. The van der Waals surface area contributed by atoms with E-state index in [2.05, 4.69) is 13.5 Å². The van der Waals surface area contributed by atoms with Gasteiger partial charge in [0.25, 0.3) is 0 Å². The summed E-state index contributed by atoms with van der Waals surface area (Å²) in [6.45, 7) is 6.90. The largest absolute Gasteiger partial charge is 0.330 e. The fraction of sp³-hybridized carbons (Fsp3) is 0.800. The van der Waals surface area contributed by atoms with Gasteiger partial charge in [-0.15, -0.1) is 6.58 Å². The van der Waals surface area contributed by atoms with Crippen LogP contribution in [0.3, 0.4) is 0 Å². The third-order valence-corrected chi connectivity index (χ3v) is 2.82. The Bertz CT molecular complexity index is 138. The molecule has 1 rings (SSSR count). The first-order chi connectivity index (χ1) is 5.24. The van der Waals surface area contributed by atoms with Crippen LogP contribution >= 0.6 is 0 Å². The summed E-state index contributed by atoms with van der Waals surface area (Å²) in [7, 11) is 0. The Morgan fingerprint density at radius 3 is 2.45 bits per heavy atom. The highest BCUT2D eigenvalue weighted by Crippen LogP contribution is 2.37. The van der Waals surface area contributed by atoms with Gasteiger partial charge in [-0.3, -0.25) is 0 Å². The second-order valence-electron chi connectivity index (χ2n) is 3.83. The third-order valence-electron chi connectivity index (χ3n) is 2.82. The van der Waals surface area contributed by atoms with E-state index < -0.39 is 0 Å². The predicted molar refractivity (Wildman–Crippen MR) is 49.3 cm³/mol. The van der Waals surface area contributed by atoms with Gasteiger partial charge in [0.1, 0.15) is 0 Å². The van der Waals surface area contributed by atoms with Crippen molar-refractivity contribution >= 4 is 0 Å². The first kappa shape index (κ1) is 8.79. The molecule has 0 aromatic carbocycles. The molecule has 0 saturated heterocycles. The van der Waals surface area contributed by atoms with Gasteiger partial charge in [-0.1, -0.05) is 5.57 Å². The summed E-state index contributed by atoms with van der Waals surface area (Å²) in [6.07, 6.45) is 5.27. The zero-order valence-corrected chi connectivity index (χ0v) is 7.47. The van der Waals surface area contributed by atoms with Crippen molar-refractivity contribution in [3.8, 4) is 0 Å². The lowest BCUT2D eigenvalue weighted by Crippen LogP contribution is -2.32. The maximum absolute atomic E-state index is 5.61. The van der Waals surface area contributed by atoms with Gasteiger partial charge in [0.05, 0.1) is 0 Å². The normalized spacial score (nSPS) is 29.6. The summed E-state index contributed by atoms with van der Waals surface area (Å²) in [4.78, 5) is 0. The molecule has 1 aliphatic rings. The molecule has 0 aromatic rings. The molecule has 11 heavy (non-hydrogen) atoms. The molecule has 1 fully saturated rings. The van der Waals surface area contributed by atoms with Crippen LogP contribution in [0, 0.1) is 11.8 Å². The second-order valence-corrected chi connectivity index (χ2v) is 3.83. The van der Waals surface area contributed by atoms with E-state index in [1.54, 1.807) is 0 Å². The van der Waals surface area contributed by atoms with Crippen LogP contribution in [0.1, 0.15) is 32.6 Å². The lowest BCUT2D eigenvalue weighted by atomic mass is 9.71. The molecule has 0 spiro atoms. The molecule has 0 heterocycles. The molecule has 2 atom stereocenters. The van der Waals surface area contributed by atoms with Crippen LogP contribution in [0.15, 0.2) is 12.2 Å². The first-order valence-corrected chi connectivity index (χ1v) is 4.58. The highest BCUT2D eigenvalue weighted by Gasteiger charge is 2.28. The van der Waals surface area contributed by atoms with Crippen LogP contribution in [0.25, 0.3) is 0 Å². The Hall–Kier alpha value is -0.300. The van der Waals surface area contributed by atoms with Crippen molar-refractivity contribution in [2.45, 2.75) is 32.6 Å². The van der Waals surface area contributed by atoms with E-state index in [9.17, 15) is 0 Å². The molecule has 1 nitrogen and oxygen atoms in total. The van der Waals surface area contributed by atoms with Gasteiger partial charge in [-0.25, -0.2) is 0 Å². The average molecular weight is 153 g/mol. The smallest absolute Gasteiger partial charge is 0.00462 e. The van der Waals surface area contributed by atoms with E-state index in [0.717, 1.165) is 18.4 Å². The van der Waals surface area contributed by atoms with Crippen molar-refractivity contribution in [2.24, 2.45) is 17.6 Å². The molecule has 1 saturated carbocycles. The molecule has 0 amide bonds. The Morgan fingerprint density at radius 2 is 2.09 bits per heavy atom. The van der Waals surface area contributed by atoms with E-state index in [1.165, 1.54) is 31.3 Å². The van der Waals surface area contributed by atoms with Crippen molar-refractivity contribution in [3.05, 3.63) is 12.2 Å². The Morgan fingerprint density at radius 1 is 1.45 bits per heavy atom. The minimum Gasteiger partial charge on any atom is -0.330 e. The molecule has 2 N–H and O–H groups in total. The molecule has 0 aromatic heterocycles. The van der Waals surface area contributed by atoms with E-state index >= 15 is 0 Å². The molecule has 0 bridgehead atoms. The maximum Gasteiger partial charge on any atom is -0.00462 e. The van der Waals surface area contributed by atoms with Crippen LogP contribution in [-0.4, -0.2) is 6.54 Å². The standard InChI is InChI=1S/C10H19N/c1-8(2)3-4-9-5-6-10(9)7-11/h9-10H,1,3-7,11H2,2H3. The number of rotatable bonds is 4. The SMILES string of the molecule is C=C(C)CCC1CCC1CN. The Kier molecular flexibility index (Phi) is 3.13. The van der Waals surface area contributed by atoms with E-state index in [0.29, 0.717) is 0 Å². The maximum atomic E-state index is 5.61. The fourth-order valence-electron chi connectivity index (χ4n) is 1.76. The predicted octanol–water partition coefficient (Wildman–Crippen LogP) is 2.33. The Labute approximate surface area is 69.7 Å². The molecular weight excluding hydrogens is 134 g/mol. The van der Waals surface area contributed by atoms with Crippen molar-refractivity contribution in [1.82, 2.24) is 0 Å². The summed E-state index contributed by atoms with van der Waals surface area (Å²) >= 11 is 0. The molecule has 1 heteroatoms. The Balaban J connectivity index is 2.12. The van der Waals surface area contributed by atoms with Crippen LogP contribution in [-0.2, 0) is 0 Å². The summed E-state index contributed by atoms with van der Waals surface area (Å²) in [5, 5.41) is 0. The van der Waals surface area contributed by atoms with Crippen LogP contribution in [0.5, 0.6) is 0 Å². The molecule has 64 valence electrons. The van der Waals surface area contributed by atoms with Gasteiger partial charge in [0.2, 0.25) is 0 Å². The number of hydrogen-bond donors (Lipinski definition) is 1. The van der Waals surface area contributed by atoms with Gasteiger partial charge in [-0.2, -0.15) is 0 Å². The minimum atomic E-state index is 0.828. The topological polar surface area (TPSA) is 26.0 Å². The molecule has 1 aliphatic carbocycles. The zero-order valence-electron chi connectivity index (χ0n) is 7.47. The van der Waals surface area contributed by atoms with Crippen molar-refractivity contribution in [2.75, 3.05) is 6.54 Å². The summed E-state index contributed by atoms with van der Waals surface area (Å²) < 4.78 is 0. The summed E-state index contributed by atoms with van der Waals surface area (Å²) in [6, 6.07) is 0. The lowest BCUT2D eigenvalue weighted by molar-refractivity contribution is 0.172. The molecule has 0 radical (unpaired) electrons. The lowest BCUT2D eigenvalue weighted by Gasteiger charge is -2.35.